The van der Waals surface area contributed by atoms with Crippen LogP contribution in [-0.2, 0) is 0 Å². The molecule has 100 valence electrons. The van der Waals surface area contributed by atoms with Crippen molar-refractivity contribution in [2.45, 2.75) is 65.5 Å². The summed E-state index contributed by atoms with van der Waals surface area (Å²) in [5.41, 5.74) is 3.09. The summed E-state index contributed by atoms with van der Waals surface area (Å²) in [4.78, 5) is 12.3. The van der Waals surface area contributed by atoms with E-state index in [0.29, 0.717) is 12.1 Å². The molecule has 0 aliphatic heterocycles. The van der Waals surface area contributed by atoms with Crippen molar-refractivity contribution < 1.29 is 4.79 Å². The lowest BCUT2D eigenvalue weighted by Crippen LogP contribution is -2.32. The Morgan fingerprint density at radius 1 is 1.33 bits per heavy atom. The molecule has 3 nitrogen and oxygen atoms in total. The van der Waals surface area contributed by atoms with Gasteiger partial charge in [-0.15, -0.1) is 0 Å². The molecule has 0 atom stereocenters. The Bertz CT molecular complexity index is 440. The number of nitrogens with one attached hydrogen (secondary N) is 1. The Balaban J connectivity index is 2.17. The topological polar surface area (TPSA) is 34.0 Å². The number of nitrogens with zero attached hydrogens (tertiary/aromatic N) is 1. The molecule has 1 aliphatic rings. The quantitative estimate of drug-likeness (QED) is 0.874. The number of hydrogen-bond acceptors (Lipinski definition) is 1. The zero-order valence-corrected chi connectivity index (χ0v) is 11.9. The largest absolute Gasteiger partial charge is 0.349 e. The summed E-state index contributed by atoms with van der Waals surface area (Å²) < 4.78 is 2.23. The van der Waals surface area contributed by atoms with E-state index in [4.69, 9.17) is 0 Å². The first kappa shape index (κ1) is 13.2. The van der Waals surface area contributed by atoms with E-state index < -0.39 is 0 Å². The Labute approximate surface area is 110 Å². The highest BCUT2D eigenvalue weighted by Gasteiger charge is 2.21. The predicted octanol–water partition coefficient (Wildman–Crippen LogP) is 3.36. The molecular formula is C15H24N2O. The van der Waals surface area contributed by atoms with Gasteiger partial charge in [-0.2, -0.15) is 0 Å². The van der Waals surface area contributed by atoms with Gasteiger partial charge in [-0.3, -0.25) is 4.79 Å². The second kappa shape index (κ2) is 5.17. The van der Waals surface area contributed by atoms with Crippen LogP contribution in [0.25, 0.3) is 0 Å². The molecule has 2 rings (SSSR count). The van der Waals surface area contributed by atoms with Gasteiger partial charge in [0.1, 0.15) is 0 Å². The molecule has 1 saturated carbocycles. The molecule has 18 heavy (non-hydrogen) atoms. The first-order chi connectivity index (χ1) is 8.50. The minimum absolute atomic E-state index is 0.0990. The summed E-state index contributed by atoms with van der Waals surface area (Å²) in [6.07, 6.45) is 4.76. The first-order valence-electron chi connectivity index (χ1n) is 7.00. The lowest BCUT2D eigenvalue weighted by Gasteiger charge is -2.15. The van der Waals surface area contributed by atoms with Crippen LogP contribution >= 0.6 is 0 Å². The van der Waals surface area contributed by atoms with Crippen molar-refractivity contribution in [3.8, 4) is 0 Å². The van der Waals surface area contributed by atoms with Crippen molar-refractivity contribution in [1.82, 2.24) is 9.88 Å². The van der Waals surface area contributed by atoms with E-state index in [-0.39, 0.29) is 5.91 Å². The second-order valence-corrected chi connectivity index (χ2v) is 5.70. The molecule has 0 spiro atoms. The Kier molecular flexibility index (Phi) is 3.79. The van der Waals surface area contributed by atoms with Crippen molar-refractivity contribution >= 4 is 5.91 Å². The number of carbonyl (C=O) groups excluding carboxylic acids is 1. The zero-order valence-electron chi connectivity index (χ0n) is 11.9. The summed E-state index contributed by atoms with van der Waals surface area (Å²) in [6, 6.07) is 2.80. The van der Waals surface area contributed by atoms with Gasteiger partial charge in [0.15, 0.2) is 0 Å². The molecule has 1 heterocycles. The molecule has 0 bridgehead atoms. The monoisotopic (exact) mass is 248 g/mol. The summed E-state index contributed by atoms with van der Waals surface area (Å²) in [7, 11) is 0. The Morgan fingerprint density at radius 3 is 2.44 bits per heavy atom. The van der Waals surface area contributed by atoms with E-state index >= 15 is 0 Å². The maximum Gasteiger partial charge on any atom is 0.253 e. The summed E-state index contributed by atoms with van der Waals surface area (Å²) in [5, 5.41) is 3.16. The third-order valence-electron chi connectivity index (χ3n) is 3.94. The van der Waals surface area contributed by atoms with Gasteiger partial charge in [0.25, 0.3) is 5.91 Å². The van der Waals surface area contributed by atoms with Gasteiger partial charge < -0.3 is 9.88 Å². The number of hydrogen-bond donors (Lipinski definition) is 1. The van der Waals surface area contributed by atoms with Crippen molar-refractivity contribution in [2.24, 2.45) is 0 Å². The maximum atomic E-state index is 12.3. The molecular weight excluding hydrogens is 224 g/mol. The van der Waals surface area contributed by atoms with Gasteiger partial charge in [0.05, 0.1) is 5.56 Å². The number of aromatic nitrogens is 1. The minimum Gasteiger partial charge on any atom is -0.349 e. The van der Waals surface area contributed by atoms with E-state index in [0.717, 1.165) is 24.1 Å². The molecule has 1 N–H and O–H groups in total. The number of aryl methyl sites for hydroxylation is 1. The Hall–Kier alpha value is -1.25. The fraction of sp³-hybridized carbons (Fsp3) is 0.667. The number of carbonyl (C=O) groups is 1. The fourth-order valence-corrected chi connectivity index (χ4v) is 3.13. The van der Waals surface area contributed by atoms with Crippen molar-refractivity contribution in [3.05, 3.63) is 23.0 Å². The smallest absolute Gasteiger partial charge is 0.253 e. The molecule has 0 saturated heterocycles. The molecule has 1 amide bonds. The number of rotatable bonds is 3. The summed E-state index contributed by atoms with van der Waals surface area (Å²) in [6.45, 7) is 8.41. The lowest BCUT2D eigenvalue weighted by molar-refractivity contribution is 0.0937. The van der Waals surface area contributed by atoms with Gasteiger partial charge >= 0.3 is 0 Å². The SMILES string of the molecule is Cc1cc(C(=O)NC2CCCC2)c(C)n1C(C)C. The highest BCUT2D eigenvalue weighted by molar-refractivity contribution is 5.95. The van der Waals surface area contributed by atoms with Gasteiger partial charge in [-0.05, 0) is 46.6 Å². The second-order valence-electron chi connectivity index (χ2n) is 5.70. The van der Waals surface area contributed by atoms with E-state index in [1.165, 1.54) is 18.5 Å². The average molecular weight is 248 g/mol. The normalized spacial score (nSPS) is 16.5. The Morgan fingerprint density at radius 2 is 1.94 bits per heavy atom. The van der Waals surface area contributed by atoms with Crippen LogP contribution in [0.15, 0.2) is 6.07 Å². The molecule has 0 radical (unpaired) electrons. The van der Waals surface area contributed by atoms with Crippen LogP contribution in [-0.4, -0.2) is 16.5 Å². The van der Waals surface area contributed by atoms with E-state index in [9.17, 15) is 4.79 Å². The third kappa shape index (κ3) is 2.45. The highest BCUT2D eigenvalue weighted by atomic mass is 16.1. The van der Waals surface area contributed by atoms with Crippen LogP contribution in [0.3, 0.4) is 0 Å². The van der Waals surface area contributed by atoms with E-state index in [1.807, 2.05) is 13.0 Å². The summed E-state index contributed by atoms with van der Waals surface area (Å²) in [5.74, 6) is 0.0990. The van der Waals surface area contributed by atoms with Crippen LogP contribution in [0.2, 0.25) is 0 Å². The van der Waals surface area contributed by atoms with Gasteiger partial charge in [0, 0.05) is 23.5 Å². The summed E-state index contributed by atoms with van der Waals surface area (Å²) >= 11 is 0. The van der Waals surface area contributed by atoms with Crippen LogP contribution < -0.4 is 5.32 Å². The maximum absolute atomic E-state index is 12.3. The average Bonchev–Trinajstić information content (AvgIpc) is 2.86. The predicted molar refractivity (Wildman–Crippen MR) is 74.0 cm³/mol. The molecule has 1 aliphatic carbocycles. The molecule has 3 heteroatoms. The van der Waals surface area contributed by atoms with E-state index in [1.54, 1.807) is 0 Å². The van der Waals surface area contributed by atoms with Crippen molar-refractivity contribution in [3.63, 3.8) is 0 Å². The molecule has 0 unspecified atom stereocenters. The number of amides is 1. The third-order valence-corrected chi connectivity index (χ3v) is 3.94. The first-order valence-corrected chi connectivity index (χ1v) is 7.00. The minimum atomic E-state index is 0.0990. The van der Waals surface area contributed by atoms with Gasteiger partial charge in [-0.1, -0.05) is 12.8 Å². The van der Waals surface area contributed by atoms with Crippen LogP contribution in [0, 0.1) is 13.8 Å². The highest BCUT2D eigenvalue weighted by Crippen LogP contribution is 2.22. The van der Waals surface area contributed by atoms with Crippen molar-refractivity contribution in [1.29, 1.82) is 0 Å². The van der Waals surface area contributed by atoms with Crippen molar-refractivity contribution in [2.75, 3.05) is 0 Å². The molecule has 1 fully saturated rings. The zero-order chi connectivity index (χ0) is 13.3. The lowest BCUT2D eigenvalue weighted by atomic mass is 10.2. The van der Waals surface area contributed by atoms with Crippen LogP contribution in [0.5, 0.6) is 0 Å². The van der Waals surface area contributed by atoms with Crippen LogP contribution in [0.1, 0.15) is 67.3 Å². The fourth-order valence-electron chi connectivity index (χ4n) is 3.13. The molecule has 1 aromatic rings. The van der Waals surface area contributed by atoms with E-state index in [2.05, 4.69) is 30.7 Å². The molecule has 0 aromatic carbocycles. The van der Waals surface area contributed by atoms with Crippen LogP contribution in [0.4, 0.5) is 0 Å². The van der Waals surface area contributed by atoms with Gasteiger partial charge in [-0.25, -0.2) is 0 Å². The van der Waals surface area contributed by atoms with Gasteiger partial charge in [0.2, 0.25) is 0 Å². The molecule has 1 aromatic heterocycles. The standard InChI is InChI=1S/C15H24N2O/c1-10(2)17-11(3)9-14(12(17)4)15(18)16-13-7-5-6-8-13/h9-10,13H,5-8H2,1-4H3,(H,16,18).